The first-order chi connectivity index (χ1) is 14.7. The van der Waals surface area contributed by atoms with E-state index in [0.29, 0.717) is 35.7 Å². The summed E-state index contributed by atoms with van der Waals surface area (Å²) in [6, 6.07) is 12.6. The molecule has 0 unspecified atom stereocenters. The third-order valence-corrected chi connectivity index (χ3v) is 6.95. The monoisotopic (exact) mass is 444 g/mol. The van der Waals surface area contributed by atoms with Gasteiger partial charge in [0.2, 0.25) is 10.0 Å². The first-order valence-electron chi connectivity index (χ1n) is 9.82. The van der Waals surface area contributed by atoms with Gasteiger partial charge in [-0.05, 0) is 42.8 Å². The normalized spacial score (nSPS) is 11.6. The van der Waals surface area contributed by atoms with Crippen LogP contribution in [-0.2, 0) is 14.8 Å². The molecule has 3 aromatic rings. The van der Waals surface area contributed by atoms with E-state index in [9.17, 15) is 18.0 Å². The second-order valence-corrected chi connectivity index (χ2v) is 8.77. The van der Waals surface area contributed by atoms with Gasteiger partial charge in [-0.1, -0.05) is 19.9 Å². The van der Waals surface area contributed by atoms with Crippen molar-refractivity contribution < 1.29 is 22.4 Å². The molecular formula is C22H24N2O6S. The molecule has 0 aliphatic carbocycles. The second-order valence-electron chi connectivity index (χ2n) is 6.86. The molecule has 0 saturated carbocycles. The van der Waals surface area contributed by atoms with E-state index in [-0.39, 0.29) is 11.5 Å². The fourth-order valence-electron chi connectivity index (χ4n) is 3.14. The smallest absolute Gasteiger partial charge is 0.336 e. The SMILES string of the molecule is CCN(CC)S(=O)(=O)c1cc(NC(=O)COc2ccc3ccc(=O)oc3c2)ccc1C. The highest BCUT2D eigenvalue weighted by atomic mass is 32.2. The number of aryl methyl sites for hydroxylation is 1. The van der Waals surface area contributed by atoms with Gasteiger partial charge in [-0.15, -0.1) is 0 Å². The maximum Gasteiger partial charge on any atom is 0.336 e. The molecule has 3 rings (SSSR count). The van der Waals surface area contributed by atoms with Crippen LogP contribution in [0.25, 0.3) is 11.0 Å². The van der Waals surface area contributed by atoms with Crippen LogP contribution in [0.1, 0.15) is 19.4 Å². The highest BCUT2D eigenvalue weighted by Gasteiger charge is 2.24. The number of sulfonamides is 1. The lowest BCUT2D eigenvalue weighted by Gasteiger charge is -2.20. The summed E-state index contributed by atoms with van der Waals surface area (Å²) in [5.41, 5.74) is 0.834. The molecule has 31 heavy (non-hydrogen) atoms. The Kier molecular flexibility index (Phi) is 6.77. The van der Waals surface area contributed by atoms with Gasteiger partial charge in [-0.3, -0.25) is 4.79 Å². The van der Waals surface area contributed by atoms with Crippen LogP contribution >= 0.6 is 0 Å². The molecule has 0 radical (unpaired) electrons. The lowest BCUT2D eigenvalue weighted by Crippen LogP contribution is -2.31. The first-order valence-corrected chi connectivity index (χ1v) is 11.3. The van der Waals surface area contributed by atoms with Crippen molar-refractivity contribution in [2.45, 2.75) is 25.7 Å². The van der Waals surface area contributed by atoms with Crippen molar-refractivity contribution >= 4 is 32.6 Å². The second kappa shape index (κ2) is 9.32. The Morgan fingerprint density at radius 1 is 1.06 bits per heavy atom. The quantitative estimate of drug-likeness (QED) is 0.535. The molecule has 0 atom stereocenters. The molecule has 1 heterocycles. The minimum absolute atomic E-state index is 0.152. The average Bonchev–Trinajstić information content (AvgIpc) is 2.73. The molecule has 0 bridgehead atoms. The van der Waals surface area contributed by atoms with E-state index in [2.05, 4.69) is 5.32 Å². The Balaban J connectivity index is 1.71. The summed E-state index contributed by atoms with van der Waals surface area (Å²) in [7, 11) is -3.65. The van der Waals surface area contributed by atoms with Crippen LogP contribution in [0, 0.1) is 6.92 Å². The maximum atomic E-state index is 12.9. The number of benzene rings is 2. The number of nitrogens with zero attached hydrogens (tertiary/aromatic N) is 1. The number of anilines is 1. The maximum absolute atomic E-state index is 12.9. The zero-order valence-electron chi connectivity index (χ0n) is 17.5. The van der Waals surface area contributed by atoms with Gasteiger partial charge in [-0.2, -0.15) is 4.31 Å². The summed E-state index contributed by atoms with van der Waals surface area (Å²) in [5.74, 6) is -0.0876. The van der Waals surface area contributed by atoms with Gasteiger partial charge >= 0.3 is 5.63 Å². The van der Waals surface area contributed by atoms with Gasteiger partial charge in [0.15, 0.2) is 6.61 Å². The molecule has 1 N–H and O–H groups in total. The summed E-state index contributed by atoms with van der Waals surface area (Å²) in [6.07, 6.45) is 0. The number of nitrogens with one attached hydrogen (secondary N) is 1. The fourth-order valence-corrected chi connectivity index (χ4v) is 4.84. The summed E-state index contributed by atoms with van der Waals surface area (Å²) in [4.78, 5) is 23.8. The minimum atomic E-state index is -3.65. The van der Waals surface area contributed by atoms with Crippen LogP contribution in [0.2, 0.25) is 0 Å². The van der Waals surface area contributed by atoms with E-state index < -0.39 is 21.6 Å². The average molecular weight is 445 g/mol. The van der Waals surface area contributed by atoms with Crippen LogP contribution in [0.3, 0.4) is 0 Å². The van der Waals surface area contributed by atoms with Gasteiger partial charge in [0, 0.05) is 36.3 Å². The summed E-state index contributed by atoms with van der Waals surface area (Å²) >= 11 is 0. The number of ether oxygens (including phenoxy) is 1. The predicted octanol–water partition coefficient (Wildman–Crippen LogP) is 3.15. The van der Waals surface area contributed by atoms with E-state index >= 15 is 0 Å². The Bertz CT molecular complexity index is 1260. The molecule has 1 aromatic heterocycles. The van der Waals surface area contributed by atoms with Crippen LogP contribution in [-0.4, -0.2) is 38.3 Å². The largest absolute Gasteiger partial charge is 0.484 e. The number of hydrogen-bond acceptors (Lipinski definition) is 6. The van der Waals surface area contributed by atoms with Crippen molar-refractivity contribution in [3.05, 3.63) is 64.5 Å². The fraction of sp³-hybridized carbons (Fsp3) is 0.273. The van der Waals surface area contributed by atoms with Gasteiger partial charge in [0.1, 0.15) is 11.3 Å². The molecule has 0 spiro atoms. The molecule has 1 amide bonds. The third-order valence-electron chi connectivity index (χ3n) is 4.76. The van der Waals surface area contributed by atoms with Gasteiger partial charge in [0.05, 0.1) is 4.90 Å². The van der Waals surface area contributed by atoms with Crippen molar-refractivity contribution in [3.8, 4) is 5.75 Å². The van der Waals surface area contributed by atoms with Crippen molar-refractivity contribution in [2.24, 2.45) is 0 Å². The third kappa shape index (κ3) is 5.12. The first kappa shape index (κ1) is 22.5. The highest BCUT2D eigenvalue weighted by molar-refractivity contribution is 7.89. The number of rotatable bonds is 8. The van der Waals surface area contributed by atoms with E-state index in [0.717, 1.165) is 5.39 Å². The molecule has 0 aliphatic heterocycles. The molecule has 0 aliphatic rings. The van der Waals surface area contributed by atoms with Gasteiger partial charge in [0.25, 0.3) is 5.91 Å². The van der Waals surface area contributed by atoms with Crippen molar-refractivity contribution in [1.82, 2.24) is 4.31 Å². The number of fused-ring (bicyclic) bond motifs is 1. The summed E-state index contributed by atoms with van der Waals surface area (Å²) in [6.45, 7) is 5.68. The number of hydrogen-bond donors (Lipinski definition) is 1. The zero-order chi connectivity index (χ0) is 22.6. The van der Waals surface area contributed by atoms with E-state index in [1.54, 1.807) is 51.1 Å². The molecule has 0 saturated heterocycles. The molecule has 8 nitrogen and oxygen atoms in total. The number of amides is 1. The van der Waals surface area contributed by atoms with Gasteiger partial charge in [-0.25, -0.2) is 13.2 Å². The number of carbonyl (C=O) groups is 1. The molecular weight excluding hydrogens is 420 g/mol. The lowest BCUT2D eigenvalue weighted by atomic mass is 10.2. The summed E-state index contributed by atoms with van der Waals surface area (Å²) < 4.78 is 37.7. The molecule has 164 valence electrons. The van der Waals surface area contributed by atoms with E-state index in [4.69, 9.17) is 9.15 Å². The van der Waals surface area contributed by atoms with Crippen LogP contribution in [0.4, 0.5) is 5.69 Å². The Labute approximate surface area is 180 Å². The van der Waals surface area contributed by atoms with Crippen molar-refractivity contribution in [2.75, 3.05) is 25.0 Å². The minimum Gasteiger partial charge on any atom is -0.484 e. The Morgan fingerprint density at radius 2 is 1.77 bits per heavy atom. The molecule has 0 fully saturated rings. The van der Waals surface area contributed by atoms with Crippen LogP contribution in [0.15, 0.2) is 62.6 Å². The standard InChI is InChI=1S/C22H24N2O6S/c1-4-24(5-2)31(27,28)20-12-17(9-6-15(20)3)23-21(25)14-29-18-10-7-16-8-11-22(26)30-19(16)13-18/h6-13H,4-5,14H2,1-3H3,(H,23,25). The topological polar surface area (TPSA) is 106 Å². The van der Waals surface area contributed by atoms with Crippen molar-refractivity contribution in [1.29, 1.82) is 0 Å². The van der Waals surface area contributed by atoms with Crippen molar-refractivity contribution in [3.63, 3.8) is 0 Å². The van der Waals surface area contributed by atoms with Crippen LogP contribution in [0.5, 0.6) is 5.75 Å². The Morgan fingerprint density at radius 3 is 2.48 bits per heavy atom. The highest BCUT2D eigenvalue weighted by Crippen LogP contribution is 2.24. The summed E-state index contributed by atoms with van der Waals surface area (Å²) in [5, 5.41) is 3.39. The zero-order valence-corrected chi connectivity index (χ0v) is 18.4. The van der Waals surface area contributed by atoms with E-state index in [1.807, 2.05) is 0 Å². The van der Waals surface area contributed by atoms with E-state index in [1.165, 1.54) is 22.5 Å². The number of carbonyl (C=O) groups excluding carboxylic acids is 1. The molecule has 2 aromatic carbocycles. The Hall–Kier alpha value is -3.17. The predicted molar refractivity (Wildman–Crippen MR) is 118 cm³/mol. The molecule has 9 heteroatoms. The van der Waals surface area contributed by atoms with Gasteiger partial charge < -0.3 is 14.5 Å². The van der Waals surface area contributed by atoms with Crippen LogP contribution < -0.4 is 15.7 Å². The lowest BCUT2D eigenvalue weighted by molar-refractivity contribution is -0.118.